The van der Waals surface area contributed by atoms with Gasteiger partial charge in [0, 0.05) is 16.1 Å². The summed E-state index contributed by atoms with van der Waals surface area (Å²) in [5, 5.41) is 18.0. The van der Waals surface area contributed by atoms with Gasteiger partial charge in [0.1, 0.15) is 11.4 Å². The number of hydrogen-bond acceptors (Lipinski definition) is 5. The molecule has 1 unspecified atom stereocenters. The van der Waals surface area contributed by atoms with Gasteiger partial charge in [0.15, 0.2) is 11.0 Å². The van der Waals surface area contributed by atoms with Gasteiger partial charge in [-0.05, 0) is 48.5 Å². The number of halogens is 1. The Bertz CT molecular complexity index is 812. The molecule has 3 rings (SSSR count). The molecule has 0 aliphatic heterocycles. The number of aromatic hydroxyl groups is 1. The lowest BCUT2D eigenvalue weighted by atomic mass is 10.1. The van der Waals surface area contributed by atoms with Gasteiger partial charge in [-0.1, -0.05) is 11.6 Å². The zero-order valence-corrected chi connectivity index (χ0v) is 13.8. The first-order chi connectivity index (χ1) is 11.5. The second-order valence-corrected chi connectivity index (χ2v) is 5.98. The summed E-state index contributed by atoms with van der Waals surface area (Å²) < 4.78 is 5.67. The first-order valence-corrected chi connectivity index (χ1v) is 7.82. The van der Waals surface area contributed by atoms with Crippen molar-refractivity contribution in [2.75, 3.05) is 0 Å². The van der Waals surface area contributed by atoms with E-state index in [1.165, 1.54) is 12.1 Å². The largest absolute Gasteiger partial charge is 0.508 e. The van der Waals surface area contributed by atoms with Gasteiger partial charge in [0.25, 0.3) is 0 Å². The van der Waals surface area contributed by atoms with Crippen LogP contribution in [-0.2, 0) is 4.79 Å². The van der Waals surface area contributed by atoms with E-state index < -0.39 is 11.2 Å². The van der Waals surface area contributed by atoms with E-state index in [1.807, 2.05) is 0 Å². The van der Waals surface area contributed by atoms with Crippen LogP contribution in [0.3, 0.4) is 0 Å². The Morgan fingerprint density at radius 2 is 1.67 bits per heavy atom. The van der Waals surface area contributed by atoms with E-state index in [2.05, 4.69) is 17.6 Å². The molecule has 0 saturated carbocycles. The summed E-state index contributed by atoms with van der Waals surface area (Å²) in [4.78, 5) is 15.4. The highest BCUT2D eigenvalue weighted by Gasteiger charge is 2.25. The Balaban J connectivity index is 2.16. The van der Waals surface area contributed by atoms with Gasteiger partial charge in [-0.25, -0.2) is 4.98 Å². The number of carboxylic acids is 1. The first-order valence-electron chi connectivity index (χ1n) is 6.92. The van der Waals surface area contributed by atoms with Gasteiger partial charge in [-0.15, -0.1) is 0 Å². The van der Waals surface area contributed by atoms with Crippen LogP contribution in [0.25, 0.3) is 22.6 Å². The van der Waals surface area contributed by atoms with E-state index in [9.17, 15) is 9.90 Å². The van der Waals surface area contributed by atoms with Crippen molar-refractivity contribution in [3.05, 3.63) is 59.4 Å². The maximum Gasteiger partial charge on any atom is 0.325 e. The van der Waals surface area contributed by atoms with Crippen LogP contribution in [0, 0.1) is 0 Å². The maximum atomic E-state index is 11.2. The summed E-state index contributed by atoms with van der Waals surface area (Å²) >= 11 is 9.92. The van der Waals surface area contributed by atoms with Crippen molar-refractivity contribution in [2.24, 2.45) is 0 Å². The fourth-order valence-corrected chi connectivity index (χ4v) is 2.41. The van der Waals surface area contributed by atoms with Crippen molar-refractivity contribution in [1.82, 2.24) is 4.98 Å². The molecule has 2 aromatic carbocycles. The van der Waals surface area contributed by atoms with Crippen LogP contribution in [0.15, 0.2) is 52.9 Å². The van der Waals surface area contributed by atoms with E-state index in [0.717, 1.165) is 0 Å². The zero-order valence-electron chi connectivity index (χ0n) is 12.2. The van der Waals surface area contributed by atoms with Gasteiger partial charge in [-0.3, -0.25) is 4.79 Å². The van der Waals surface area contributed by atoms with E-state index >= 15 is 0 Å². The Morgan fingerprint density at radius 1 is 1.08 bits per heavy atom. The molecule has 24 heavy (non-hydrogen) atoms. The minimum absolute atomic E-state index is 0.0149. The molecule has 0 bridgehead atoms. The molecule has 0 saturated heterocycles. The lowest BCUT2D eigenvalue weighted by molar-refractivity contribution is -0.136. The molecule has 2 N–H and O–H groups in total. The lowest BCUT2D eigenvalue weighted by Gasteiger charge is -2.02. The molecule has 0 fully saturated rings. The van der Waals surface area contributed by atoms with Crippen molar-refractivity contribution < 1.29 is 19.4 Å². The summed E-state index contributed by atoms with van der Waals surface area (Å²) in [6, 6.07) is 13.3. The van der Waals surface area contributed by atoms with Crippen LogP contribution >= 0.6 is 24.2 Å². The molecular formula is C17H12ClNO4S. The number of phenolic OH excluding ortho intramolecular Hbond substituents is 1. The Morgan fingerprint density at radius 3 is 2.25 bits per heavy atom. The minimum Gasteiger partial charge on any atom is -0.508 e. The SMILES string of the molecule is O=C(O)C(S)c1nc(-c2ccc(O)cc2)c(-c2ccc(Cl)cc2)o1. The number of carbonyl (C=O) groups is 1. The normalized spacial score (nSPS) is 12.1. The van der Waals surface area contributed by atoms with Crippen molar-refractivity contribution in [3.8, 4) is 28.3 Å². The number of aromatic nitrogens is 1. The topological polar surface area (TPSA) is 83.6 Å². The number of oxazole rings is 1. The predicted molar refractivity (Wildman–Crippen MR) is 93.4 cm³/mol. The van der Waals surface area contributed by atoms with E-state index in [4.69, 9.17) is 21.1 Å². The number of benzene rings is 2. The zero-order chi connectivity index (χ0) is 17.3. The van der Waals surface area contributed by atoms with Gasteiger partial charge >= 0.3 is 5.97 Å². The highest BCUT2D eigenvalue weighted by atomic mass is 35.5. The van der Waals surface area contributed by atoms with Crippen molar-refractivity contribution in [1.29, 1.82) is 0 Å². The highest BCUT2D eigenvalue weighted by Crippen LogP contribution is 2.36. The van der Waals surface area contributed by atoms with Crippen molar-refractivity contribution in [2.45, 2.75) is 5.25 Å². The summed E-state index contributed by atoms with van der Waals surface area (Å²) in [5.74, 6) is -0.640. The summed E-state index contributed by atoms with van der Waals surface area (Å²) in [6.07, 6.45) is 0. The number of nitrogens with zero attached hydrogens (tertiary/aromatic N) is 1. The molecule has 0 aliphatic rings. The van der Waals surface area contributed by atoms with Crippen LogP contribution in [-0.4, -0.2) is 21.2 Å². The third kappa shape index (κ3) is 3.25. The Hall–Kier alpha value is -2.44. The smallest absolute Gasteiger partial charge is 0.325 e. The second kappa shape index (κ2) is 6.59. The van der Waals surface area contributed by atoms with Crippen LogP contribution in [0.1, 0.15) is 11.1 Å². The van der Waals surface area contributed by atoms with Crippen molar-refractivity contribution in [3.63, 3.8) is 0 Å². The number of rotatable bonds is 4. The number of carboxylic acid groups (broad SMARTS) is 1. The number of phenols is 1. The third-order valence-electron chi connectivity index (χ3n) is 3.36. The van der Waals surface area contributed by atoms with E-state index in [0.29, 0.717) is 27.6 Å². The van der Waals surface area contributed by atoms with Crippen LogP contribution in [0.4, 0.5) is 0 Å². The van der Waals surface area contributed by atoms with E-state index in [-0.39, 0.29) is 11.6 Å². The molecule has 122 valence electrons. The summed E-state index contributed by atoms with van der Waals surface area (Å²) in [7, 11) is 0. The Kier molecular flexibility index (Phi) is 4.51. The standard InChI is InChI=1S/C17H12ClNO4S/c18-11-5-1-10(2-6-11)14-13(9-3-7-12(20)8-4-9)19-16(23-14)15(24)17(21)22/h1-8,15,20,24H,(H,21,22). The molecule has 7 heteroatoms. The molecule has 1 aromatic heterocycles. The van der Waals surface area contributed by atoms with Crippen molar-refractivity contribution >= 4 is 30.2 Å². The first kappa shape index (κ1) is 16.4. The molecule has 3 aromatic rings. The third-order valence-corrected chi connectivity index (χ3v) is 4.05. The number of hydrogen-bond donors (Lipinski definition) is 3. The van der Waals surface area contributed by atoms with Crippen LogP contribution < -0.4 is 0 Å². The molecule has 1 atom stereocenters. The average molecular weight is 362 g/mol. The maximum absolute atomic E-state index is 11.2. The number of thiol groups is 1. The quantitative estimate of drug-likeness (QED) is 0.599. The molecule has 0 spiro atoms. The summed E-state index contributed by atoms with van der Waals surface area (Å²) in [5.41, 5.74) is 1.85. The van der Waals surface area contributed by atoms with Gasteiger partial charge in [-0.2, -0.15) is 12.6 Å². The second-order valence-electron chi connectivity index (χ2n) is 5.02. The molecule has 0 aliphatic carbocycles. The molecule has 0 radical (unpaired) electrons. The predicted octanol–water partition coefficient (Wildman–Crippen LogP) is 4.42. The minimum atomic E-state index is -1.18. The Labute approximate surface area is 147 Å². The lowest BCUT2D eigenvalue weighted by Crippen LogP contribution is -2.05. The van der Waals surface area contributed by atoms with Gasteiger partial charge in [0.2, 0.25) is 5.89 Å². The fourth-order valence-electron chi connectivity index (χ4n) is 2.17. The average Bonchev–Trinajstić information content (AvgIpc) is 3.00. The highest BCUT2D eigenvalue weighted by molar-refractivity contribution is 7.81. The monoisotopic (exact) mass is 361 g/mol. The summed E-state index contributed by atoms with van der Waals surface area (Å²) in [6.45, 7) is 0. The van der Waals surface area contributed by atoms with Crippen LogP contribution in [0.5, 0.6) is 5.75 Å². The van der Waals surface area contributed by atoms with Gasteiger partial charge < -0.3 is 14.6 Å². The molecule has 5 nitrogen and oxygen atoms in total. The van der Waals surface area contributed by atoms with Crippen LogP contribution in [0.2, 0.25) is 5.02 Å². The molecular weight excluding hydrogens is 350 g/mol. The number of aliphatic carboxylic acids is 1. The molecule has 1 heterocycles. The fraction of sp³-hybridized carbons (Fsp3) is 0.0588. The van der Waals surface area contributed by atoms with Gasteiger partial charge in [0.05, 0.1) is 0 Å². The van der Waals surface area contributed by atoms with E-state index in [1.54, 1.807) is 36.4 Å². The molecule has 0 amide bonds.